The van der Waals surface area contributed by atoms with Crippen LogP contribution in [0.25, 0.3) is 0 Å². The maximum atomic E-state index is 6.20. The standard InChI is InChI=1S/C16H18BrClN2/c1-2-20-14(9-12-5-3-4-6-15(12)17)10-13-7-8-19-11-16(13)18/h3-8,11,14,20H,2,9-10H2,1H3. The highest BCUT2D eigenvalue weighted by molar-refractivity contribution is 9.10. The van der Waals surface area contributed by atoms with Crippen molar-refractivity contribution in [1.82, 2.24) is 10.3 Å². The number of hydrogen-bond acceptors (Lipinski definition) is 2. The molecule has 0 spiro atoms. The summed E-state index contributed by atoms with van der Waals surface area (Å²) in [6.07, 6.45) is 5.37. The number of halogens is 2. The molecule has 0 aliphatic carbocycles. The molecule has 106 valence electrons. The van der Waals surface area contributed by atoms with Gasteiger partial charge in [0.05, 0.1) is 5.02 Å². The lowest BCUT2D eigenvalue weighted by atomic mass is 9.99. The Labute approximate surface area is 133 Å². The molecule has 1 aromatic carbocycles. The predicted octanol–water partition coefficient (Wildman–Crippen LogP) is 4.26. The van der Waals surface area contributed by atoms with Gasteiger partial charge in [0.25, 0.3) is 0 Å². The number of likely N-dealkylation sites (N-methyl/N-ethyl adjacent to an activating group) is 1. The molecule has 4 heteroatoms. The van der Waals surface area contributed by atoms with E-state index in [1.165, 1.54) is 5.56 Å². The summed E-state index contributed by atoms with van der Waals surface area (Å²) < 4.78 is 1.16. The minimum absolute atomic E-state index is 0.360. The van der Waals surface area contributed by atoms with Crippen LogP contribution < -0.4 is 5.32 Å². The first-order valence-electron chi connectivity index (χ1n) is 6.76. The summed E-state index contributed by atoms with van der Waals surface area (Å²) in [6.45, 7) is 3.07. The molecule has 1 atom stereocenters. The van der Waals surface area contributed by atoms with E-state index in [0.717, 1.165) is 34.4 Å². The van der Waals surface area contributed by atoms with Gasteiger partial charge >= 0.3 is 0 Å². The highest BCUT2D eigenvalue weighted by Crippen LogP contribution is 2.21. The van der Waals surface area contributed by atoms with Crippen molar-refractivity contribution in [3.63, 3.8) is 0 Å². The van der Waals surface area contributed by atoms with Crippen LogP contribution in [0.1, 0.15) is 18.1 Å². The average molecular weight is 354 g/mol. The van der Waals surface area contributed by atoms with E-state index >= 15 is 0 Å². The van der Waals surface area contributed by atoms with Gasteiger partial charge in [-0.05, 0) is 42.6 Å². The van der Waals surface area contributed by atoms with Crippen molar-refractivity contribution in [2.24, 2.45) is 0 Å². The van der Waals surface area contributed by atoms with Crippen LogP contribution in [0.5, 0.6) is 0 Å². The third-order valence-electron chi connectivity index (χ3n) is 3.24. The van der Waals surface area contributed by atoms with Crippen LogP contribution >= 0.6 is 27.5 Å². The average Bonchev–Trinajstić information content (AvgIpc) is 2.44. The van der Waals surface area contributed by atoms with Gasteiger partial charge in [0.15, 0.2) is 0 Å². The Balaban J connectivity index is 2.12. The molecule has 0 aliphatic heterocycles. The van der Waals surface area contributed by atoms with E-state index in [0.29, 0.717) is 6.04 Å². The summed E-state index contributed by atoms with van der Waals surface area (Å²) >= 11 is 9.82. The third-order valence-corrected chi connectivity index (χ3v) is 4.35. The summed E-state index contributed by atoms with van der Waals surface area (Å²) in [7, 11) is 0. The number of nitrogens with zero attached hydrogens (tertiary/aromatic N) is 1. The van der Waals surface area contributed by atoms with Gasteiger partial charge < -0.3 is 5.32 Å². The van der Waals surface area contributed by atoms with Gasteiger partial charge in [-0.3, -0.25) is 4.98 Å². The van der Waals surface area contributed by atoms with E-state index in [-0.39, 0.29) is 0 Å². The second kappa shape index (κ2) is 7.77. The zero-order valence-electron chi connectivity index (χ0n) is 11.4. The van der Waals surface area contributed by atoms with E-state index in [1.54, 1.807) is 12.4 Å². The highest BCUT2D eigenvalue weighted by Gasteiger charge is 2.13. The molecule has 2 aromatic rings. The summed E-state index contributed by atoms with van der Waals surface area (Å²) in [5.74, 6) is 0. The number of aromatic nitrogens is 1. The number of pyridine rings is 1. The Bertz CT molecular complexity index is 512. The molecule has 20 heavy (non-hydrogen) atoms. The quantitative estimate of drug-likeness (QED) is 0.839. The summed E-state index contributed by atoms with van der Waals surface area (Å²) in [4.78, 5) is 4.04. The van der Waals surface area contributed by atoms with Crippen molar-refractivity contribution in [3.05, 3.63) is 63.3 Å². The lowest BCUT2D eigenvalue weighted by Gasteiger charge is -2.19. The molecule has 1 aromatic heterocycles. The SMILES string of the molecule is CCNC(Cc1ccncc1Cl)Cc1ccccc1Br. The maximum absolute atomic E-state index is 6.20. The molecular weight excluding hydrogens is 336 g/mol. The Morgan fingerprint density at radius 2 is 1.95 bits per heavy atom. The van der Waals surface area contributed by atoms with Gasteiger partial charge in [0, 0.05) is 22.9 Å². The summed E-state index contributed by atoms with van der Waals surface area (Å²) in [5, 5.41) is 4.27. The molecule has 0 bridgehead atoms. The van der Waals surface area contributed by atoms with Crippen LogP contribution in [0.3, 0.4) is 0 Å². The van der Waals surface area contributed by atoms with Gasteiger partial charge in [0.2, 0.25) is 0 Å². The van der Waals surface area contributed by atoms with Crippen LogP contribution in [0, 0.1) is 0 Å². The second-order valence-electron chi connectivity index (χ2n) is 4.72. The molecule has 0 fully saturated rings. The van der Waals surface area contributed by atoms with E-state index in [2.05, 4.69) is 51.4 Å². The molecule has 2 nitrogen and oxygen atoms in total. The van der Waals surface area contributed by atoms with Crippen LogP contribution in [0.15, 0.2) is 47.2 Å². The molecule has 0 radical (unpaired) electrons. The van der Waals surface area contributed by atoms with Crippen LogP contribution in [-0.4, -0.2) is 17.6 Å². The molecule has 0 saturated heterocycles. The first-order valence-corrected chi connectivity index (χ1v) is 7.93. The van der Waals surface area contributed by atoms with Gasteiger partial charge in [-0.2, -0.15) is 0 Å². The number of hydrogen-bond donors (Lipinski definition) is 1. The van der Waals surface area contributed by atoms with Crippen molar-refractivity contribution in [2.75, 3.05) is 6.54 Å². The highest BCUT2D eigenvalue weighted by atomic mass is 79.9. The Kier molecular flexibility index (Phi) is 6.02. The Morgan fingerprint density at radius 1 is 1.20 bits per heavy atom. The molecular formula is C16H18BrClN2. The molecule has 1 heterocycles. The zero-order valence-corrected chi connectivity index (χ0v) is 13.8. The van der Waals surface area contributed by atoms with Crippen molar-refractivity contribution < 1.29 is 0 Å². The fourth-order valence-electron chi connectivity index (χ4n) is 2.27. The van der Waals surface area contributed by atoms with Crippen molar-refractivity contribution in [1.29, 1.82) is 0 Å². The second-order valence-corrected chi connectivity index (χ2v) is 5.98. The van der Waals surface area contributed by atoms with E-state index in [9.17, 15) is 0 Å². The lowest BCUT2D eigenvalue weighted by Crippen LogP contribution is -2.33. The molecule has 0 saturated carbocycles. The first-order chi connectivity index (χ1) is 9.70. The maximum Gasteiger partial charge on any atom is 0.0621 e. The normalized spacial score (nSPS) is 12.3. The summed E-state index contributed by atoms with van der Waals surface area (Å²) in [5.41, 5.74) is 2.45. The molecule has 1 N–H and O–H groups in total. The lowest BCUT2D eigenvalue weighted by molar-refractivity contribution is 0.520. The number of rotatable bonds is 6. The van der Waals surface area contributed by atoms with Gasteiger partial charge in [-0.25, -0.2) is 0 Å². The van der Waals surface area contributed by atoms with Crippen LogP contribution in [0.4, 0.5) is 0 Å². The third kappa shape index (κ3) is 4.30. The predicted molar refractivity (Wildman–Crippen MR) is 88.3 cm³/mol. The van der Waals surface area contributed by atoms with Crippen molar-refractivity contribution in [3.8, 4) is 0 Å². The fourth-order valence-corrected chi connectivity index (χ4v) is 2.91. The van der Waals surface area contributed by atoms with Crippen LogP contribution in [0.2, 0.25) is 5.02 Å². The minimum atomic E-state index is 0.360. The van der Waals surface area contributed by atoms with Gasteiger partial charge in [0.1, 0.15) is 0 Å². The minimum Gasteiger partial charge on any atom is -0.314 e. The molecule has 1 unspecified atom stereocenters. The van der Waals surface area contributed by atoms with E-state index < -0.39 is 0 Å². The van der Waals surface area contributed by atoms with Gasteiger partial charge in [-0.1, -0.05) is 52.7 Å². The fraction of sp³-hybridized carbons (Fsp3) is 0.312. The number of benzene rings is 1. The molecule has 2 rings (SSSR count). The van der Waals surface area contributed by atoms with E-state index in [4.69, 9.17) is 11.6 Å². The monoisotopic (exact) mass is 352 g/mol. The topological polar surface area (TPSA) is 24.9 Å². The largest absolute Gasteiger partial charge is 0.314 e. The van der Waals surface area contributed by atoms with Gasteiger partial charge in [-0.15, -0.1) is 0 Å². The summed E-state index contributed by atoms with van der Waals surface area (Å²) in [6, 6.07) is 10.7. The number of nitrogens with one attached hydrogen (secondary N) is 1. The zero-order chi connectivity index (χ0) is 14.4. The molecule has 0 aliphatic rings. The smallest absolute Gasteiger partial charge is 0.0621 e. The first kappa shape index (κ1) is 15.5. The van der Waals surface area contributed by atoms with Crippen LogP contribution in [-0.2, 0) is 12.8 Å². The van der Waals surface area contributed by atoms with E-state index in [1.807, 2.05) is 12.1 Å². The van der Waals surface area contributed by atoms with Crippen molar-refractivity contribution >= 4 is 27.5 Å². The molecule has 0 amide bonds. The Hall–Kier alpha value is -0.900. The van der Waals surface area contributed by atoms with Crippen molar-refractivity contribution in [2.45, 2.75) is 25.8 Å². The Morgan fingerprint density at radius 3 is 2.65 bits per heavy atom.